The standard InChI is InChI=1S/C35H44F2N6S/c1-25-28-10-9-11-29(18-28)35(36,37)20-27-21-42(22-27)14-7-5-4-6-8-15-43-26(2)31(34(23-38)12-16-44(3)17-13-34)19-30-32(41-25)39-24-40-33(30)43/h9-11,18-19,24-25,27H,2-8,12-17,20-22H2,1H3,(H,39,40,41). The molecule has 1 unspecified atom stereocenters. The lowest BCUT2D eigenvalue weighted by molar-refractivity contribution is -0.0568. The van der Waals surface area contributed by atoms with Gasteiger partial charge in [0.25, 0.3) is 5.92 Å². The first-order chi connectivity index (χ1) is 21.2. The predicted octanol–water partition coefficient (Wildman–Crippen LogP) is 7.75. The summed E-state index contributed by atoms with van der Waals surface area (Å²) in [6.07, 6.45) is 10.5. The normalized spacial score (nSPS) is 30.9. The summed E-state index contributed by atoms with van der Waals surface area (Å²) in [4.78, 5) is 13.9. The Kier molecular flexibility index (Phi) is 8.94. The van der Waals surface area contributed by atoms with E-state index in [1.54, 1.807) is 24.5 Å². The summed E-state index contributed by atoms with van der Waals surface area (Å²) in [7, 11) is 0.0786. The van der Waals surface area contributed by atoms with Crippen LogP contribution in [0.5, 0.6) is 0 Å². The van der Waals surface area contributed by atoms with E-state index in [4.69, 9.17) is 4.98 Å². The molecule has 1 N–H and O–H groups in total. The highest BCUT2D eigenvalue weighted by Gasteiger charge is 2.42. The lowest BCUT2D eigenvalue weighted by atomic mass is 9.73. The summed E-state index contributed by atoms with van der Waals surface area (Å²) < 4.78 is 31.0. The summed E-state index contributed by atoms with van der Waals surface area (Å²) in [5.74, 6) is 4.71. The lowest BCUT2D eigenvalue weighted by Crippen LogP contribution is -2.48. The first-order valence-electron chi connectivity index (χ1n) is 16.1. The summed E-state index contributed by atoms with van der Waals surface area (Å²) >= 11 is 0. The zero-order chi connectivity index (χ0) is 30.9. The fourth-order valence-corrected chi connectivity index (χ4v) is 8.72. The molecule has 5 aliphatic rings. The molecule has 0 aliphatic carbocycles. The number of nitriles is 1. The van der Waals surface area contributed by atoms with Crippen LogP contribution in [0.1, 0.15) is 81.0 Å². The summed E-state index contributed by atoms with van der Waals surface area (Å²) in [6.45, 7) is 9.78. The van der Waals surface area contributed by atoms with Gasteiger partial charge in [-0.05, 0) is 79.9 Å². The molecule has 7 rings (SSSR count). The highest BCUT2D eigenvalue weighted by molar-refractivity contribution is 8.14. The van der Waals surface area contributed by atoms with Crippen LogP contribution in [-0.2, 0) is 5.92 Å². The van der Waals surface area contributed by atoms with Crippen molar-refractivity contribution >= 4 is 34.1 Å². The van der Waals surface area contributed by atoms with Gasteiger partial charge in [-0.2, -0.15) is 15.7 Å². The molecule has 2 fully saturated rings. The topological polar surface area (TPSA) is 68.1 Å². The van der Waals surface area contributed by atoms with Gasteiger partial charge in [-0.1, -0.05) is 49.9 Å². The van der Waals surface area contributed by atoms with Crippen LogP contribution in [0.15, 0.2) is 48.4 Å². The Balaban J connectivity index is 1.37. The van der Waals surface area contributed by atoms with E-state index in [2.05, 4.69) is 44.7 Å². The average Bonchev–Trinajstić information content (AvgIpc) is 3.00. The lowest BCUT2D eigenvalue weighted by Gasteiger charge is -2.41. The van der Waals surface area contributed by atoms with Gasteiger partial charge < -0.3 is 15.1 Å². The van der Waals surface area contributed by atoms with Gasteiger partial charge in [0.1, 0.15) is 18.0 Å². The Hall–Kier alpha value is -3.09. The predicted molar refractivity (Wildman–Crippen MR) is 178 cm³/mol. The third-order valence-corrected chi connectivity index (χ3v) is 11.6. The molecule has 1 atom stereocenters. The van der Waals surface area contributed by atoms with E-state index in [0.29, 0.717) is 5.82 Å². The molecule has 44 heavy (non-hydrogen) atoms. The van der Waals surface area contributed by atoms with Crippen LogP contribution in [0, 0.1) is 22.7 Å². The highest BCUT2D eigenvalue weighted by atomic mass is 32.2. The zero-order valence-electron chi connectivity index (χ0n) is 25.8. The number of benzene rings is 1. The minimum absolute atomic E-state index is 0.0304. The first-order valence-corrected chi connectivity index (χ1v) is 17.8. The largest absolute Gasteiger partial charge is 0.363 e. The number of aromatic nitrogens is 2. The highest BCUT2D eigenvalue weighted by Crippen LogP contribution is 2.50. The van der Waals surface area contributed by atoms with E-state index in [-0.39, 0.29) is 34.4 Å². The monoisotopic (exact) mass is 618 g/mol. The van der Waals surface area contributed by atoms with Crippen LogP contribution in [0.3, 0.4) is 0 Å². The number of allylic oxidation sites excluding steroid dienone is 1. The Morgan fingerprint density at radius 1 is 1.07 bits per heavy atom. The van der Waals surface area contributed by atoms with Gasteiger partial charge >= 0.3 is 0 Å². The van der Waals surface area contributed by atoms with Gasteiger partial charge in [0.15, 0.2) is 0 Å². The van der Waals surface area contributed by atoms with Crippen LogP contribution >= 0.6 is 10.5 Å². The van der Waals surface area contributed by atoms with Gasteiger partial charge in [-0.15, -0.1) is 0 Å². The molecule has 2 saturated heterocycles. The number of halogens is 2. The molecular weight excluding hydrogens is 574 g/mol. The van der Waals surface area contributed by atoms with Crippen molar-refractivity contribution in [1.29, 1.82) is 5.26 Å². The molecule has 9 heteroatoms. The number of rotatable bonds is 1. The number of hydrogen-bond acceptors (Lipinski definition) is 6. The Morgan fingerprint density at radius 3 is 2.55 bits per heavy atom. The van der Waals surface area contributed by atoms with Crippen molar-refractivity contribution < 1.29 is 8.78 Å². The average molecular weight is 619 g/mol. The molecular formula is C35H44F2N6S. The molecule has 6 heterocycles. The minimum atomic E-state index is -2.88. The fraction of sp³-hybridized carbons (Fsp3) is 0.543. The smallest absolute Gasteiger partial charge is 0.273 e. The van der Waals surface area contributed by atoms with E-state index in [1.165, 1.54) is 0 Å². The summed E-state index contributed by atoms with van der Waals surface area (Å²) in [5, 5.41) is 14.1. The van der Waals surface area contributed by atoms with Gasteiger partial charge in [0.2, 0.25) is 0 Å². The van der Waals surface area contributed by atoms with Crippen molar-refractivity contribution in [2.24, 2.45) is 11.3 Å². The molecule has 0 saturated carbocycles. The third-order valence-electron chi connectivity index (χ3n) is 10.0. The number of nitrogens with zero attached hydrogens (tertiary/aromatic N) is 5. The molecule has 5 aliphatic heterocycles. The minimum Gasteiger partial charge on any atom is -0.363 e. The van der Waals surface area contributed by atoms with Crippen molar-refractivity contribution in [3.63, 3.8) is 0 Å². The number of nitrogens with one attached hydrogen (secondary N) is 1. The number of fused-ring (bicyclic) bond motifs is 8. The van der Waals surface area contributed by atoms with E-state index < -0.39 is 11.3 Å². The van der Waals surface area contributed by atoms with Crippen LogP contribution in [-0.4, -0.2) is 58.4 Å². The maximum atomic E-state index is 15.5. The maximum absolute atomic E-state index is 15.5. The Morgan fingerprint density at radius 2 is 1.80 bits per heavy atom. The van der Waals surface area contributed by atoms with E-state index >= 15 is 8.78 Å². The van der Waals surface area contributed by atoms with Crippen molar-refractivity contribution in [2.75, 3.05) is 47.9 Å². The maximum Gasteiger partial charge on any atom is 0.273 e. The SMILES string of the molecule is C=C1C(C2(C#N)CCS(=C)CC2)=Cc2c3ncnc2N1CCCCCCCN1CC(C1)CC(F)(F)c1cccc(c1)C(C)N3. The summed E-state index contributed by atoms with van der Waals surface area (Å²) in [5.41, 5.74) is 2.85. The zero-order valence-corrected chi connectivity index (χ0v) is 26.6. The molecule has 2 aromatic rings. The Labute approximate surface area is 263 Å². The third kappa shape index (κ3) is 6.21. The van der Waals surface area contributed by atoms with Crippen LogP contribution in [0.4, 0.5) is 20.4 Å². The quantitative estimate of drug-likeness (QED) is 0.330. The van der Waals surface area contributed by atoms with Crippen LogP contribution < -0.4 is 10.2 Å². The van der Waals surface area contributed by atoms with Gasteiger partial charge in [0, 0.05) is 43.4 Å². The molecule has 0 radical (unpaired) electrons. The van der Waals surface area contributed by atoms with Crippen molar-refractivity contribution in [2.45, 2.75) is 70.3 Å². The second-order valence-electron chi connectivity index (χ2n) is 13.1. The van der Waals surface area contributed by atoms with E-state index in [0.717, 1.165) is 111 Å². The van der Waals surface area contributed by atoms with Crippen molar-refractivity contribution in [1.82, 2.24) is 14.9 Å². The van der Waals surface area contributed by atoms with Crippen molar-refractivity contribution in [3.05, 3.63) is 65.1 Å². The van der Waals surface area contributed by atoms with Crippen LogP contribution in [0.2, 0.25) is 0 Å². The molecule has 0 spiro atoms. The second-order valence-corrected chi connectivity index (χ2v) is 15.2. The Bertz CT molecular complexity index is 1480. The molecule has 1 aromatic carbocycles. The second kappa shape index (κ2) is 12.7. The number of hydrogen-bond donors (Lipinski definition) is 1. The van der Waals surface area contributed by atoms with Gasteiger partial charge in [-0.25, -0.2) is 18.7 Å². The summed E-state index contributed by atoms with van der Waals surface area (Å²) in [6, 6.07) is 9.23. The molecule has 1 aromatic heterocycles. The van der Waals surface area contributed by atoms with Gasteiger partial charge in [-0.3, -0.25) is 0 Å². The first kappa shape index (κ1) is 30.9. The molecule has 6 nitrogen and oxygen atoms in total. The van der Waals surface area contributed by atoms with E-state index in [9.17, 15) is 5.26 Å². The molecule has 234 valence electrons. The molecule has 8 bridgehead atoms. The van der Waals surface area contributed by atoms with E-state index in [1.807, 2.05) is 13.0 Å². The van der Waals surface area contributed by atoms with Crippen LogP contribution in [0.25, 0.3) is 6.08 Å². The number of anilines is 2. The molecule has 0 amide bonds. The van der Waals surface area contributed by atoms with Gasteiger partial charge in [0.05, 0.1) is 17.0 Å². The fourth-order valence-electron chi connectivity index (χ4n) is 7.24. The van der Waals surface area contributed by atoms with Crippen molar-refractivity contribution in [3.8, 4) is 6.07 Å². The number of alkyl halides is 2.